The summed E-state index contributed by atoms with van der Waals surface area (Å²) in [6.07, 6.45) is 0.903. The van der Waals surface area contributed by atoms with Crippen LogP contribution in [0.5, 0.6) is 5.75 Å². The van der Waals surface area contributed by atoms with E-state index in [1.165, 1.54) is 19.2 Å². The molecule has 0 spiro atoms. The Bertz CT molecular complexity index is 489. The molecular formula is C14H21N3O4. The molecule has 1 aromatic carbocycles. The molecule has 0 radical (unpaired) electrons. The van der Waals surface area contributed by atoms with E-state index in [0.29, 0.717) is 18.4 Å². The maximum absolute atomic E-state index is 10.8. The standard InChI is InChI=1S/C14H21N3O4/c1-10(7-11-9-21-6-5-15-11)16-13-4-3-12(17(18)19)8-14(13)20-2/h3-4,8,10-11,15-16H,5-7,9H2,1-2H3. The molecule has 0 amide bonds. The van der Waals surface area contributed by atoms with Gasteiger partial charge in [0, 0.05) is 24.7 Å². The Balaban J connectivity index is 1.99. The van der Waals surface area contributed by atoms with E-state index in [9.17, 15) is 10.1 Å². The van der Waals surface area contributed by atoms with Crippen LogP contribution >= 0.6 is 0 Å². The number of hydrogen-bond acceptors (Lipinski definition) is 6. The first-order valence-corrected chi connectivity index (χ1v) is 7.00. The van der Waals surface area contributed by atoms with Crippen molar-refractivity contribution in [3.63, 3.8) is 0 Å². The highest BCUT2D eigenvalue weighted by molar-refractivity contribution is 5.61. The number of ether oxygens (including phenoxy) is 2. The number of methoxy groups -OCH3 is 1. The van der Waals surface area contributed by atoms with Crippen molar-refractivity contribution in [2.45, 2.75) is 25.4 Å². The van der Waals surface area contributed by atoms with E-state index in [0.717, 1.165) is 25.3 Å². The lowest BCUT2D eigenvalue weighted by atomic mass is 10.1. The molecule has 7 heteroatoms. The molecular weight excluding hydrogens is 274 g/mol. The minimum Gasteiger partial charge on any atom is -0.494 e. The first-order valence-electron chi connectivity index (χ1n) is 7.00. The van der Waals surface area contributed by atoms with Crippen LogP contribution in [-0.4, -0.2) is 43.9 Å². The van der Waals surface area contributed by atoms with Gasteiger partial charge in [0.15, 0.2) is 0 Å². The minimum atomic E-state index is -0.432. The molecule has 0 saturated carbocycles. The first-order chi connectivity index (χ1) is 10.1. The second-order valence-corrected chi connectivity index (χ2v) is 5.15. The van der Waals surface area contributed by atoms with Crippen molar-refractivity contribution in [3.8, 4) is 5.75 Å². The van der Waals surface area contributed by atoms with Gasteiger partial charge in [-0.1, -0.05) is 0 Å². The Morgan fingerprint density at radius 1 is 1.62 bits per heavy atom. The lowest BCUT2D eigenvalue weighted by Crippen LogP contribution is -2.43. The van der Waals surface area contributed by atoms with Crippen LogP contribution in [0.25, 0.3) is 0 Å². The zero-order valence-electron chi connectivity index (χ0n) is 12.3. The summed E-state index contributed by atoms with van der Waals surface area (Å²) >= 11 is 0. The lowest BCUT2D eigenvalue weighted by Gasteiger charge is -2.27. The number of nitro benzene ring substituents is 1. The van der Waals surface area contributed by atoms with E-state index in [-0.39, 0.29) is 11.7 Å². The van der Waals surface area contributed by atoms with Gasteiger partial charge in [-0.2, -0.15) is 0 Å². The van der Waals surface area contributed by atoms with Gasteiger partial charge in [-0.15, -0.1) is 0 Å². The Labute approximate surface area is 123 Å². The van der Waals surface area contributed by atoms with Crippen molar-refractivity contribution in [1.82, 2.24) is 5.32 Å². The molecule has 1 aliphatic heterocycles. The molecule has 2 unspecified atom stereocenters. The highest BCUT2D eigenvalue weighted by atomic mass is 16.6. The zero-order valence-corrected chi connectivity index (χ0v) is 12.3. The predicted octanol–water partition coefficient (Wildman–Crippen LogP) is 1.78. The Hall–Kier alpha value is -1.86. The number of morpholine rings is 1. The molecule has 1 saturated heterocycles. The van der Waals surface area contributed by atoms with Crippen LogP contribution < -0.4 is 15.4 Å². The maximum atomic E-state index is 10.8. The number of nitro groups is 1. The largest absolute Gasteiger partial charge is 0.494 e. The first kappa shape index (κ1) is 15.5. The summed E-state index contributed by atoms with van der Waals surface area (Å²) in [7, 11) is 1.51. The number of anilines is 1. The molecule has 1 aliphatic rings. The third-order valence-corrected chi connectivity index (χ3v) is 3.43. The van der Waals surface area contributed by atoms with Crippen LogP contribution in [-0.2, 0) is 4.74 Å². The van der Waals surface area contributed by atoms with Crippen molar-refractivity contribution < 1.29 is 14.4 Å². The molecule has 1 fully saturated rings. The molecule has 0 aromatic heterocycles. The number of nitrogens with zero attached hydrogens (tertiary/aromatic N) is 1. The number of benzene rings is 1. The summed E-state index contributed by atoms with van der Waals surface area (Å²) in [6.45, 7) is 4.41. The second-order valence-electron chi connectivity index (χ2n) is 5.15. The van der Waals surface area contributed by atoms with E-state index < -0.39 is 4.92 Å². The molecule has 1 aromatic rings. The van der Waals surface area contributed by atoms with Gasteiger partial charge in [0.25, 0.3) is 5.69 Å². The smallest absolute Gasteiger partial charge is 0.273 e. The van der Waals surface area contributed by atoms with Crippen molar-refractivity contribution in [2.75, 3.05) is 32.2 Å². The van der Waals surface area contributed by atoms with Gasteiger partial charge >= 0.3 is 0 Å². The molecule has 2 atom stereocenters. The van der Waals surface area contributed by atoms with Crippen LogP contribution in [0, 0.1) is 10.1 Å². The Morgan fingerprint density at radius 2 is 2.43 bits per heavy atom. The van der Waals surface area contributed by atoms with E-state index >= 15 is 0 Å². The van der Waals surface area contributed by atoms with Gasteiger partial charge in [0.2, 0.25) is 0 Å². The van der Waals surface area contributed by atoms with E-state index in [4.69, 9.17) is 9.47 Å². The third kappa shape index (κ3) is 4.30. The summed E-state index contributed by atoms with van der Waals surface area (Å²) in [4.78, 5) is 10.3. The zero-order chi connectivity index (χ0) is 15.2. The summed E-state index contributed by atoms with van der Waals surface area (Å²) in [6, 6.07) is 5.10. The SMILES string of the molecule is COc1cc([N+](=O)[O-])ccc1NC(C)CC1COCCN1. The minimum absolute atomic E-state index is 0.0207. The van der Waals surface area contributed by atoms with Gasteiger partial charge in [-0.25, -0.2) is 0 Å². The fourth-order valence-electron chi connectivity index (χ4n) is 2.43. The number of nitrogens with one attached hydrogen (secondary N) is 2. The predicted molar refractivity (Wildman–Crippen MR) is 80.0 cm³/mol. The van der Waals surface area contributed by atoms with Crippen LogP contribution in [0.4, 0.5) is 11.4 Å². The fraction of sp³-hybridized carbons (Fsp3) is 0.571. The van der Waals surface area contributed by atoms with Gasteiger partial charge in [0.05, 0.1) is 37.0 Å². The summed E-state index contributed by atoms with van der Waals surface area (Å²) in [5.74, 6) is 0.476. The van der Waals surface area contributed by atoms with Gasteiger partial charge in [0.1, 0.15) is 5.75 Å². The van der Waals surface area contributed by atoms with E-state index in [2.05, 4.69) is 17.6 Å². The molecule has 21 heavy (non-hydrogen) atoms. The van der Waals surface area contributed by atoms with Gasteiger partial charge < -0.3 is 20.1 Å². The number of rotatable bonds is 6. The van der Waals surface area contributed by atoms with Gasteiger partial charge in [-0.3, -0.25) is 10.1 Å². The molecule has 2 rings (SSSR count). The molecule has 116 valence electrons. The van der Waals surface area contributed by atoms with Crippen molar-refractivity contribution >= 4 is 11.4 Å². The molecule has 2 N–H and O–H groups in total. The van der Waals surface area contributed by atoms with Crippen molar-refractivity contribution in [2.24, 2.45) is 0 Å². The lowest BCUT2D eigenvalue weighted by molar-refractivity contribution is -0.384. The fourth-order valence-corrected chi connectivity index (χ4v) is 2.43. The normalized spacial score (nSPS) is 19.8. The average molecular weight is 295 g/mol. The summed E-state index contributed by atoms with van der Waals surface area (Å²) in [5.41, 5.74) is 0.778. The van der Waals surface area contributed by atoms with Crippen LogP contribution in [0.1, 0.15) is 13.3 Å². The molecule has 1 heterocycles. The Morgan fingerprint density at radius 3 is 3.05 bits per heavy atom. The summed E-state index contributed by atoms with van der Waals surface area (Å²) < 4.78 is 10.6. The summed E-state index contributed by atoms with van der Waals surface area (Å²) in [5, 5.41) is 17.5. The van der Waals surface area contributed by atoms with Crippen LogP contribution in [0.2, 0.25) is 0 Å². The van der Waals surface area contributed by atoms with E-state index in [1.54, 1.807) is 6.07 Å². The number of non-ortho nitro benzene ring substituents is 1. The third-order valence-electron chi connectivity index (χ3n) is 3.43. The van der Waals surface area contributed by atoms with Crippen molar-refractivity contribution in [3.05, 3.63) is 28.3 Å². The second kappa shape index (κ2) is 7.24. The highest BCUT2D eigenvalue weighted by Crippen LogP contribution is 2.29. The Kier molecular flexibility index (Phi) is 5.35. The topological polar surface area (TPSA) is 85.7 Å². The van der Waals surface area contributed by atoms with Crippen LogP contribution in [0.15, 0.2) is 18.2 Å². The quantitative estimate of drug-likeness (QED) is 0.614. The van der Waals surface area contributed by atoms with Gasteiger partial charge in [-0.05, 0) is 19.4 Å². The van der Waals surface area contributed by atoms with Crippen LogP contribution in [0.3, 0.4) is 0 Å². The van der Waals surface area contributed by atoms with Crippen molar-refractivity contribution in [1.29, 1.82) is 0 Å². The molecule has 7 nitrogen and oxygen atoms in total. The number of hydrogen-bond donors (Lipinski definition) is 2. The average Bonchev–Trinajstić information content (AvgIpc) is 2.48. The molecule has 0 aliphatic carbocycles. The highest BCUT2D eigenvalue weighted by Gasteiger charge is 2.18. The molecule has 0 bridgehead atoms. The monoisotopic (exact) mass is 295 g/mol. The van der Waals surface area contributed by atoms with E-state index in [1.807, 2.05) is 0 Å². The maximum Gasteiger partial charge on any atom is 0.273 e.